The standard InChI is InChI=1S/C29H38N2O5S/c1-5-14-30(21-18-19(3)10-11-20(21)4)27(34)25-29-13-12-22(37-29)23(28(35)36-17-6-2)24(29)26(33)31(25)15-8-7-9-16-32/h5-6,10-11,18,22-25,32H,1-2,7-9,12-17H2,3-4H3/t22-,23+,24+,25?,29?/m1/s1. The van der Waals surface area contributed by atoms with Gasteiger partial charge < -0.3 is 19.6 Å². The van der Waals surface area contributed by atoms with Gasteiger partial charge in [0.2, 0.25) is 5.91 Å². The van der Waals surface area contributed by atoms with E-state index in [0.29, 0.717) is 32.4 Å². The maximum absolute atomic E-state index is 14.5. The molecule has 0 radical (unpaired) electrons. The van der Waals surface area contributed by atoms with Gasteiger partial charge in [-0.2, -0.15) is 0 Å². The topological polar surface area (TPSA) is 87.1 Å². The predicted molar refractivity (Wildman–Crippen MR) is 146 cm³/mol. The second kappa shape index (κ2) is 11.4. The van der Waals surface area contributed by atoms with Crippen LogP contribution in [0.15, 0.2) is 43.5 Å². The van der Waals surface area contributed by atoms with Gasteiger partial charge in [-0.1, -0.05) is 30.9 Å². The number of unbranched alkanes of at least 4 members (excludes halogenated alkanes) is 2. The van der Waals surface area contributed by atoms with Crippen LogP contribution < -0.4 is 4.90 Å². The Morgan fingerprint density at radius 1 is 1.24 bits per heavy atom. The summed E-state index contributed by atoms with van der Waals surface area (Å²) in [6, 6.07) is 5.35. The van der Waals surface area contributed by atoms with E-state index in [9.17, 15) is 19.5 Å². The number of aliphatic hydroxyl groups is 1. The van der Waals surface area contributed by atoms with E-state index in [2.05, 4.69) is 13.2 Å². The van der Waals surface area contributed by atoms with Gasteiger partial charge in [-0.15, -0.1) is 18.3 Å². The Morgan fingerprint density at radius 2 is 2.03 bits per heavy atom. The third kappa shape index (κ3) is 4.86. The quantitative estimate of drug-likeness (QED) is 0.253. The van der Waals surface area contributed by atoms with Crippen molar-refractivity contribution >= 4 is 35.2 Å². The molecule has 3 saturated heterocycles. The van der Waals surface area contributed by atoms with Crippen molar-refractivity contribution in [3.8, 4) is 0 Å². The number of rotatable bonds is 12. The van der Waals surface area contributed by atoms with Crippen LogP contribution in [0.25, 0.3) is 0 Å². The molecule has 8 heteroatoms. The molecule has 3 fully saturated rings. The van der Waals surface area contributed by atoms with Gasteiger partial charge in [0.1, 0.15) is 12.6 Å². The Labute approximate surface area is 223 Å². The molecule has 7 nitrogen and oxygen atoms in total. The number of esters is 1. The van der Waals surface area contributed by atoms with Crippen molar-refractivity contribution in [2.45, 2.75) is 62.0 Å². The monoisotopic (exact) mass is 526 g/mol. The molecule has 4 rings (SSSR count). The largest absolute Gasteiger partial charge is 0.461 e. The molecular formula is C29H38N2O5S. The van der Waals surface area contributed by atoms with Gasteiger partial charge in [-0.3, -0.25) is 14.4 Å². The van der Waals surface area contributed by atoms with Crippen molar-refractivity contribution in [1.29, 1.82) is 0 Å². The van der Waals surface area contributed by atoms with Crippen molar-refractivity contribution < 1.29 is 24.2 Å². The Kier molecular flexibility index (Phi) is 8.49. The first kappa shape index (κ1) is 27.5. The zero-order chi connectivity index (χ0) is 26.7. The summed E-state index contributed by atoms with van der Waals surface area (Å²) < 4.78 is 4.77. The summed E-state index contributed by atoms with van der Waals surface area (Å²) >= 11 is 1.64. The van der Waals surface area contributed by atoms with Gasteiger partial charge in [-0.05, 0) is 63.1 Å². The first-order valence-corrected chi connectivity index (χ1v) is 14.0. The number of likely N-dealkylation sites (tertiary alicyclic amines) is 1. The maximum Gasteiger partial charge on any atom is 0.311 e. The van der Waals surface area contributed by atoms with Gasteiger partial charge in [0.05, 0.1) is 16.6 Å². The minimum Gasteiger partial charge on any atom is -0.461 e. The number of hydrogen-bond acceptors (Lipinski definition) is 6. The van der Waals surface area contributed by atoms with Gasteiger partial charge in [0.25, 0.3) is 5.91 Å². The number of carbonyl (C=O) groups is 3. The van der Waals surface area contributed by atoms with E-state index in [4.69, 9.17) is 4.74 Å². The molecule has 1 aromatic carbocycles. The van der Waals surface area contributed by atoms with E-state index in [-0.39, 0.29) is 36.2 Å². The summed E-state index contributed by atoms with van der Waals surface area (Å²) in [6.45, 7) is 12.4. The molecule has 1 spiro atoms. The van der Waals surface area contributed by atoms with E-state index in [1.807, 2.05) is 32.0 Å². The van der Waals surface area contributed by atoms with Crippen molar-refractivity contribution in [1.82, 2.24) is 4.90 Å². The van der Waals surface area contributed by atoms with Crippen molar-refractivity contribution in [3.05, 3.63) is 54.6 Å². The highest BCUT2D eigenvalue weighted by Gasteiger charge is 2.74. The molecular weight excluding hydrogens is 488 g/mol. The van der Waals surface area contributed by atoms with E-state index in [1.54, 1.807) is 27.6 Å². The van der Waals surface area contributed by atoms with Crippen LogP contribution in [-0.2, 0) is 19.1 Å². The fourth-order valence-electron chi connectivity index (χ4n) is 6.34. The predicted octanol–water partition coefficient (Wildman–Crippen LogP) is 3.81. The third-order valence-electron chi connectivity index (χ3n) is 7.94. The molecule has 37 heavy (non-hydrogen) atoms. The second-order valence-corrected chi connectivity index (χ2v) is 11.9. The Hall–Kier alpha value is -2.58. The Balaban J connectivity index is 1.74. The van der Waals surface area contributed by atoms with Crippen LogP contribution in [0.2, 0.25) is 0 Å². The molecule has 3 aliphatic heterocycles. The normalized spacial score (nSPS) is 27.8. The molecule has 3 aliphatic rings. The minimum absolute atomic E-state index is 0.0355. The van der Waals surface area contributed by atoms with Crippen LogP contribution in [0.4, 0.5) is 5.69 Å². The number of ether oxygens (including phenoxy) is 1. The van der Waals surface area contributed by atoms with Crippen molar-refractivity contribution in [2.24, 2.45) is 11.8 Å². The van der Waals surface area contributed by atoms with Gasteiger partial charge in [0, 0.05) is 30.6 Å². The molecule has 5 atom stereocenters. The molecule has 2 unspecified atom stereocenters. The Morgan fingerprint density at radius 3 is 2.73 bits per heavy atom. The van der Waals surface area contributed by atoms with Gasteiger partial charge in [0.15, 0.2) is 0 Å². The zero-order valence-electron chi connectivity index (χ0n) is 21.9. The lowest BCUT2D eigenvalue weighted by atomic mass is 9.71. The number of aliphatic hydroxyl groups excluding tert-OH is 1. The first-order chi connectivity index (χ1) is 17.8. The van der Waals surface area contributed by atoms with Crippen molar-refractivity contribution in [2.75, 3.05) is 31.2 Å². The molecule has 0 aliphatic carbocycles. The number of hydrogen-bond donors (Lipinski definition) is 1. The number of fused-ring (bicyclic) bond motifs is 1. The molecule has 2 bridgehead atoms. The van der Waals surface area contributed by atoms with Crippen LogP contribution in [0.5, 0.6) is 0 Å². The molecule has 200 valence electrons. The maximum atomic E-state index is 14.5. The number of amides is 2. The highest BCUT2D eigenvalue weighted by Crippen LogP contribution is 2.66. The van der Waals surface area contributed by atoms with Crippen molar-refractivity contribution in [3.63, 3.8) is 0 Å². The number of carbonyl (C=O) groups excluding carboxylic acids is 3. The van der Waals surface area contributed by atoms with Crippen LogP contribution in [0, 0.1) is 25.7 Å². The average molecular weight is 527 g/mol. The molecule has 1 N–H and O–H groups in total. The summed E-state index contributed by atoms with van der Waals surface area (Å²) in [5.41, 5.74) is 2.84. The summed E-state index contributed by atoms with van der Waals surface area (Å²) in [4.78, 5) is 45.1. The van der Waals surface area contributed by atoms with E-state index < -0.39 is 22.6 Å². The fraction of sp³-hybridized carbons (Fsp3) is 0.552. The Bertz CT molecular complexity index is 1070. The number of anilines is 1. The van der Waals surface area contributed by atoms with Crippen LogP contribution in [-0.4, -0.2) is 70.1 Å². The number of thioether (sulfide) groups is 1. The van der Waals surface area contributed by atoms with Gasteiger partial charge >= 0.3 is 5.97 Å². The molecule has 0 aromatic heterocycles. The average Bonchev–Trinajstić information content (AvgIpc) is 3.52. The lowest BCUT2D eigenvalue weighted by Gasteiger charge is -2.37. The fourth-order valence-corrected chi connectivity index (χ4v) is 8.54. The summed E-state index contributed by atoms with van der Waals surface area (Å²) in [5, 5.41) is 9.19. The van der Waals surface area contributed by atoms with E-state index in [1.165, 1.54) is 6.08 Å². The summed E-state index contributed by atoms with van der Waals surface area (Å²) in [5.74, 6) is -1.76. The summed E-state index contributed by atoms with van der Waals surface area (Å²) in [6.07, 6.45) is 6.81. The first-order valence-electron chi connectivity index (χ1n) is 13.2. The zero-order valence-corrected chi connectivity index (χ0v) is 22.7. The molecule has 1 aromatic rings. The highest BCUT2D eigenvalue weighted by molar-refractivity contribution is 8.02. The summed E-state index contributed by atoms with van der Waals surface area (Å²) in [7, 11) is 0. The third-order valence-corrected chi connectivity index (χ3v) is 9.89. The SMILES string of the molecule is C=CCOC(=O)[C@@H]1[C@H]2C(=O)N(CCCCCO)C(C(=O)N(CC=C)c3cc(C)ccc3C)C23CC[C@H]1S3. The molecule has 2 amide bonds. The minimum atomic E-state index is -0.675. The van der Waals surface area contributed by atoms with Crippen LogP contribution in [0.3, 0.4) is 0 Å². The van der Waals surface area contributed by atoms with Crippen LogP contribution >= 0.6 is 11.8 Å². The molecule has 0 saturated carbocycles. The van der Waals surface area contributed by atoms with E-state index >= 15 is 0 Å². The lowest BCUT2D eigenvalue weighted by Crippen LogP contribution is -2.55. The second-order valence-electron chi connectivity index (χ2n) is 10.3. The highest BCUT2D eigenvalue weighted by atomic mass is 32.2. The van der Waals surface area contributed by atoms with Gasteiger partial charge in [-0.25, -0.2) is 0 Å². The number of benzene rings is 1. The van der Waals surface area contributed by atoms with E-state index in [0.717, 1.165) is 29.7 Å². The number of aryl methyl sites for hydroxylation is 2. The number of nitrogens with zero attached hydrogens (tertiary/aromatic N) is 2. The molecule has 3 heterocycles. The van der Waals surface area contributed by atoms with Crippen LogP contribution in [0.1, 0.15) is 43.2 Å². The smallest absolute Gasteiger partial charge is 0.311 e. The lowest BCUT2D eigenvalue weighted by molar-refractivity contribution is -0.153.